The molecule has 3 fully saturated rings. The van der Waals surface area contributed by atoms with E-state index in [-0.39, 0.29) is 0 Å². The van der Waals surface area contributed by atoms with E-state index in [2.05, 4.69) is 34.1 Å². The first-order valence-corrected chi connectivity index (χ1v) is 9.43. The Morgan fingerprint density at radius 3 is 2.57 bits per heavy atom. The van der Waals surface area contributed by atoms with E-state index < -0.39 is 0 Å². The summed E-state index contributed by atoms with van der Waals surface area (Å²) in [6.45, 7) is 2.39. The van der Waals surface area contributed by atoms with Crippen LogP contribution >= 0.6 is 11.8 Å². The van der Waals surface area contributed by atoms with Crippen molar-refractivity contribution in [1.29, 1.82) is 0 Å². The summed E-state index contributed by atoms with van der Waals surface area (Å²) in [7, 11) is 2.11. The van der Waals surface area contributed by atoms with Gasteiger partial charge in [-0.05, 0) is 57.9 Å². The first-order valence-electron chi connectivity index (χ1n) is 8.55. The summed E-state index contributed by atoms with van der Waals surface area (Å²) in [5.41, 5.74) is 0. The van der Waals surface area contributed by atoms with E-state index in [0.717, 1.165) is 5.92 Å². The zero-order valence-corrected chi connectivity index (χ0v) is 13.9. The minimum atomic E-state index is 0.625. The fourth-order valence-electron chi connectivity index (χ4n) is 3.59. The normalized spacial score (nSPS) is 33.3. The van der Waals surface area contributed by atoms with Crippen LogP contribution < -0.4 is 5.32 Å². The Labute approximate surface area is 131 Å². The molecule has 4 rings (SSSR count). The van der Waals surface area contributed by atoms with Gasteiger partial charge in [0.05, 0.1) is 0 Å². The van der Waals surface area contributed by atoms with Gasteiger partial charge in [0.25, 0.3) is 0 Å². The molecule has 3 atom stereocenters. The molecule has 0 aromatic carbocycles. The summed E-state index contributed by atoms with van der Waals surface area (Å²) in [6, 6.07) is 1.33. The number of aromatic nitrogens is 3. The maximum Gasteiger partial charge on any atom is 0.191 e. The van der Waals surface area contributed by atoms with Gasteiger partial charge in [-0.3, -0.25) is 0 Å². The topological polar surface area (TPSA) is 42.7 Å². The predicted octanol–water partition coefficient (Wildman–Crippen LogP) is 3.36. The second-order valence-electron chi connectivity index (χ2n) is 7.19. The smallest absolute Gasteiger partial charge is 0.191 e. The molecule has 116 valence electrons. The van der Waals surface area contributed by atoms with Crippen LogP contribution in [-0.2, 0) is 0 Å². The van der Waals surface area contributed by atoms with Crippen molar-refractivity contribution in [3.05, 3.63) is 5.82 Å². The molecule has 1 aromatic rings. The number of hydrogen-bond acceptors (Lipinski definition) is 4. The van der Waals surface area contributed by atoms with Gasteiger partial charge in [-0.1, -0.05) is 18.7 Å². The highest BCUT2D eigenvalue weighted by atomic mass is 32.2. The van der Waals surface area contributed by atoms with Gasteiger partial charge in [0.1, 0.15) is 5.82 Å². The van der Waals surface area contributed by atoms with Crippen LogP contribution in [0.4, 0.5) is 0 Å². The zero-order valence-electron chi connectivity index (χ0n) is 13.1. The molecule has 0 amide bonds. The average molecular weight is 306 g/mol. The molecule has 0 spiro atoms. The van der Waals surface area contributed by atoms with Crippen molar-refractivity contribution < 1.29 is 0 Å². The summed E-state index contributed by atoms with van der Waals surface area (Å²) < 4.78 is 2.49. The molecular formula is C16H26N4S. The summed E-state index contributed by atoms with van der Waals surface area (Å²) in [4.78, 5) is 0. The Morgan fingerprint density at radius 1 is 1.10 bits per heavy atom. The zero-order chi connectivity index (χ0) is 14.4. The molecule has 3 unspecified atom stereocenters. The summed E-state index contributed by atoms with van der Waals surface area (Å²) in [5, 5.41) is 14.5. The van der Waals surface area contributed by atoms with Crippen molar-refractivity contribution in [2.45, 2.75) is 80.3 Å². The number of rotatable bonds is 5. The molecule has 0 radical (unpaired) electrons. The monoisotopic (exact) mass is 306 g/mol. The van der Waals surface area contributed by atoms with Gasteiger partial charge in [-0.2, -0.15) is 0 Å². The van der Waals surface area contributed by atoms with Crippen LogP contribution in [0, 0.1) is 5.92 Å². The van der Waals surface area contributed by atoms with E-state index in [4.69, 9.17) is 0 Å². The Kier molecular flexibility index (Phi) is 3.74. The Morgan fingerprint density at radius 2 is 1.90 bits per heavy atom. The van der Waals surface area contributed by atoms with E-state index in [0.29, 0.717) is 23.3 Å². The van der Waals surface area contributed by atoms with Crippen LogP contribution in [-0.4, -0.2) is 33.1 Å². The van der Waals surface area contributed by atoms with Crippen molar-refractivity contribution >= 4 is 11.8 Å². The lowest BCUT2D eigenvalue weighted by atomic mass is 9.87. The minimum Gasteiger partial charge on any atom is -0.316 e. The molecule has 0 aliphatic heterocycles. The number of nitrogens with one attached hydrogen (secondary N) is 1. The highest BCUT2D eigenvalue weighted by molar-refractivity contribution is 7.99. The van der Waals surface area contributed by atoms with Crippen LogP contribution in [0.5, 0.6) is 0 Å². The molecule has 5 heteroatoms. The maximum absolute atomic E-state index is 4.57. The third kappa shape index (κ3) is 2.87. The second kappa shape index (κ2) is 5.58. The Balaban J connectivity index is 1.55. The lowest BCUT2D eigenvalue weighted by Gasteiger charge is -2.34. The van der Waals surface area contributed by atoms with E-state index in [1.807, 2.05) is 11.8 Å². The largest absolute Gasteiger partial charge is 0.316 e. The van der Waals surface area contributed by atoms with Crippen LogP contribution in [0.2, 0.25) is 0 Å². The molecular weight excluding hydrogens is 280 g/mol. The maximum atomic E-state index is 4.57. The summed E-state index contributed by atoms with van der Waals surface area (Å²) >= 11 is 1.99. The molecule has 3 aliphatic carbocycles. The molecule has 21 heavy (non-hydrogen) atoms. The first kappa shape index (κ1) is 14.1. The lowest BCUT2D eigenvalue weighted by Crippen LogP contribution is -2.40. The van der Waals surface area contributed by atoms with Gasteiger partial charge in [-0.15, -0.1) is 10.2 Å². The lowest BCUT2D eigenvalue weighted by molar-refractivity contribution is 0.328. The van der Waals surface area contributed by atoms with E-state index in [1.165, 1.54) is 55.9 Å². The molecule has 4 nitrogen and oxygen atoms in total. The van der Waals surface area contributed by atoms with Gasteiger partial charge in [0.2, 0.25) is 0 Å². The van der Waals surface area contributed by atoms with Crippen molar-refractivity contribution in [2.24, 2.45) is 5.92 Å². The van der Waals surface area contributed by atoms with E-state index in [1.54, 1.807) is 0 Å². The molecule has 0 bridgehead atoms. The number of hydrogen-bond donors (Lipinski definition) is 1. The van der Waals surface area contributed by atoms with Gasteiger partial charge < -0.3 is 9.88 Å². The second-order valence-corrected chi connectivity index (χ2v) is 8.39. The third-order valence-electron chi connectivity index (χ3n) is 5.23. The predicted molar refractivity (Wildman–Crippen MR) is 85.8 cm³/mol. The summed E-state index contributed by atoms with van der Waals surface area (Å²) in [5.74, 6) is 2.83. The van der Waals surface area contributed by atoms with Crippen LogP contribution in [0.3, 0.4) is 0 Å². The van der Waals surface area contributed by atoms with Crippen molar-refractivity contribution in [3.8, 4) is 0 Å². The molecule has 1 N–H and O–H groups in total. The highest BCUT2D eigenvalue weighted by Gasteiger charge is 2.38. The first-order chi connectivity index (χ1) is 10.3. The molecule has 3 aliphatic rings. The van der Waals surface area contributed by atoms with Gasteiger partial charge in [-0.25, -0.2) is 0 Å². The number of thioether (sulfide) groups is 1. The average Bonchev–Trinajstić information content (AvgIpc) is 3.39. The fraction of sp³-hybridized carbons (Fsp3) is 0.875. The van der Waals surface area contributed by atoms with Crippen molar-refractivity contribution in [2.75, 3.05) is 7.05 Å². The molecule has 1 aromatic heterocycles. The molecule has 3 saturated carbocycles. The fourth-order valence-corrected chi connectivity index (χ4v) is 5.17. The van der Waals surface area contributed by atoms with Crippen LogP contribution in [0.1, 0.15) is 69.7 Å². The van der Waals surface area contributed by atoms with Gasteiger partial charge >= 0.3 is 0 Å². The third-order valence-corrected chi connectivity index (χ3v) is 6.54. The van der Waals surface area contributed by atoms with Gasteiger partial charge in [0, 0.05) is 23.3 Å². The Hall–Kier alpha value is -0.550. The Bertz CT molecular complexity index is 506. The highest BCUT2D eigenvalue weighted by Crippen LogP contribution is 2.47. The summed E-state index contributed by atoms with van der Waals surface area (Å²) in [6.07, 6.45) is 9.22. The van der Waals surface area contributed by atoms with E-state index >= 15 is 0 Å². The minimum absolute atomic E-state index is 0.625. The molecule has 1 heterocycles. The van der Waals surface area contributed by atoms with E-state index in [9.17, 15) is 0 Å². The quantitative estimate of drug-likeness (QED) is 0.906. The van der Waals surface area contributed by atoms with Crippen LogP contribution in [0.15, 0.2) is 5.16 Å². The number of nitrogens with zero attached hydrogens (tertiary/aromatic N) is 3. The van der Waals surface area contributed by atoms with Crippen LogP contribution in [0.25, 0.3) is 0 Å². The van der Waals surface area contributed by atoms with Crippen molar-refractivity contribution in [1.82, 2.24) is 20.1 Å². The van der Waals surface area contributed by atoms with Crippen molar-refractivity contribution in [3.63, 3.8) is 0 Å². The SMILES string of the molecule is CNC1CCC(C)CC1Sc1nnc(C2CC2)n1C1CC1. The van der Waals surface area contributed by atoms with Gasteiger partial charge in [0.15, 0.2) is 5.16 Å². The molecule has 0 saturated heterocycles. The standard InChI is InChI=1S/C16H26N4S/c1-10-3-8-13(17-2)14(9-10)21-16-19-18-15(11-4-5-11)20(16)12-6-7-12/h10-14,17H,3-9H2,1-2H3.